The first kappa shape index (κ1) is 30.7. The predicted octanol–water partition coefficient (Wildman–Crippen LogP) is 7.40. The highest BCUT2D eigenvalue weighted by molar-refractivity contribution is 5.86. The maximum absolute atomic E-state index is 12.8. The molecule has 0 saturated heterocycles. The third-order valence-electron chi connectivity index (χ3n) is 8.48. The third-order valence-corrected chi connectivity index (χ3v) is 8.48. The minimum absolute atomic E-state index is 0.513. The van der Waals surface area contributed by atoms with Crippen LogP contribution in [0.4, 0.5) is 0 Å². The molecule has 2 N–H and O–H groups in total. The van der Waals surface area contributed by atoms with Crippen LogP contribution in [0.15, 0.2) is 121 Å². The fraction of sp³-hybridized carbons (Fsp3) is 0.297. The standard InChI is InChI=1S/C37H41NO4/c1-38(28-16-14-26-36(34(39)40,30-18-6-2-7-19-30)31-20-8-3-9-21-31)29-17-15-27-37(35(41)42,32-22-10-4-11-23-32)33-24-12-5-13-25-33/h2-13,18-25H,14-17,26-29H2,1H3,(H,39,40)(H,41,42). The molecule has 0 aliphatic rings. The van der Waals surface area contributed by atoms with Crippen LogP contribution in [0.5, 0.6) is 0 Å². The molecule has 0 amide bonds. The van der Waals surface area contributed by atoms with Gasteiger partial charge in [-0.3, -0.25) is 9.59 Å². The number of hydrogen-bond acceptors (Lipinski definition) is 3. The summed E-state index contributed by atoms with van der Waals surface area (Å²) in [5, 5.41) is 21.0. The SMILES string of the molecule is CN(CCCCC(C(=O)O)(c1ccccc1)c1ccccc1)CCCCC(C(=O)O)(c1ccccc1)c1ccccc1. The first-order chi connectivity index (χ1) is 20.4. The van der Waals surface area contributed by atoms with Crippen LogP contribution >= 0.6 is 0 Å². The minimum atomic E-state index is -1.09. The van der Waals surface area contributed by atoms with E-state index in [1.165, 1.54) is 0 Å². The van der Waals surface area contributed by atoms with Crippen LogP contribution in [0.1, 0.15) is 60.8 Å². The molecule has 42 heavy (non-hydrogen) atoms. The molecule has 5 nitrogen and oxygen atoms in total. The van der Waals surface area contributed by atoms with Gasteiger partial charge < -0.3 is 15.1 Å². The van der Waals surface area contributed by atoms with Crippen molar-refractivity contribution in [2.24, 2.45) is 0 Å². The summed E-state index contributed by atoms with van der Waals surface area (Å²) in [6.45, 7) is 1.70. The Morgan fingerprint density at radius 3 is 1.00 bits per heavy atom. The zero-order chi connectivity index (χ0) is 29.8. The normalized spacial score (nSPS) is 11.9. The minimum Gasteiger partial charge on any atom is -0.480 e. The maximum Gasteiger partial charge on any atom is 0.318 e. The van der Waals surface area contributed by atoms with E-state index in [-0.39, 0.29) is 0 Å². The molecule has 0 radical (unpaired) electrons. The van der Waals surface area contributed by atoms with Crippen molar-refractivity contribution >= 4 is 11.9 Å². The number of benzene rings is 4. The summed E-state index contributed by atoms with van der Waals surface area (Å²) in [7, 11) is 2.08. The Bertz CT molecular complexity index is 1200. The summed E-state index contributed by atoms with van der Waals surface area (Å²) in [6.07, 6.45) is 4.31. The maximum atomic E-state index is 12.8. The van der Waals surface area contributed by atoms with Crippen molar-refractivity contribution in [2.75, 3.05) is 20.1 Å². The molecule has 5 heteroatoms. The number of carbonyl (C=O) groups is 2. The highest BCUT2D eigenvalue weighted by atomic mass is 16.4. The van der Waals surface area contributed by atoms with Crippen molar-refractivity contribution in [3.05, 3.63) is 144 Å². The number of unbranched alkanes of at least 4 members (excludes halogenated alkanes) is 2. The molecular formula is C37H41NO4. The summed E-state index contributed by atoms with van der Waals surface area (Å²) >= 11 is 0. The summed E-state index contributed by atoms with van der Waals surface area (Å²) in [5.74, 6) is -1.65. The fourth-order valence-corrected chi connectivity index (χ4v) is 6.16. The van der Waals surface area contributed by atoms with E-state index in [9.17, 15) is 19.8 Å². The molecule has 0 spiro atoms. The molecule has 0 aliphatic carbocycles. The number of nitrogens with zero attached hydrogens (tertiary/aromatic N) is 1. The van der Waals surface area contributed by atoms with Gasteiger partial charge in [-0.25, -0.2) is 0 Å². The van der Waals surface area contributed by atoms with Crippen molar-refractivity contribution in [1.29, 1.82) is 0 Å². The second-order valence-corrected chi connectivity index (χ2v) is 11.1. The highest BCUT2D eigenvalue weighted by Gasteiger charge is 2.42. The van der Waals surface area contributed by atoms with Gasteiger partial charge in [-0.05, 0) is 68.1 Å². The Morgan fingerprint density at radius 2 is 0.762 bits per heavy atom. The van der Waals surface area contributed by atoms with Crippen molar-refractivity contribution in [3.63, 3.8) is 0 Å². The zero-order valence-corrected chi connectivity index (χ0v) is 24.4. The first-order valence-corrected chi connectivity index (χ1v) is 14.8. The fourth-order valence-electron chi connectivity index (χ4n) is 6.16. The van der Waals surface area contributed by atoms with Crippen LogP contribution in [0.2, 0.25) is 0 Å². The molecule has 4 aromatic rings. The molecule has 0 saturated carbocycles. The monoisotopic (exact) mass is 563 g/mol. The van der Waals surface area contributed by atoms with Gasteiger partial charge in [-0.15, -0.1) is 0 Å². The van der Waals surface area contributed by atoms with Gasteiger partial charge in [0, 0.05) is 0 Å². The Kier molecular flexibility index (Phi) is 10.7. The molecule has 0 aromatic heterocycles. The third kappa shape index (κ3) is 6.80. The molecule has 4 rings (SSSR count). The Morgan fingerprint density at radius 1 is 0.500 bits per heavy atom. The number of rotatable bonds is 16. The van der Waals surface area contributed by atoms with E-state index in [1.54, 1.807) is 0 Å². The van der Waals surface area contributed by atoms with E-state index in [4.69, 9.17) is 0 Å². The van der Waals surface area contributed by atoms with Crippen molar-refractivity contribution < 1.29 is 19.8 Å². The van der Waals surface area contributed by atoms with Crippen molar-refractivity contribution in [1.82, 2.24) is 4.90 Å². The Hall–Kier alpha value is -4.22. The van der Waals surface area contributed by atoms with Gasteiger partial charge in [0.25, 0.3) is 0 Å². The molecule has 0 atom stereocenters. The van der Waals surface area contributed by atoms with E-state index >= 15 is 0 Å². The summed E-state index contributed by atoms with van der Waals surface area (Å²) in [6, 6.07) is 38.2. The molecule has 0 unspecified atom stereocenters. The van der Waals surface area contributed by atoms with E-state index in [1.807, 2.05) is 121 Å². The lowest BCUT2D eigenvalue weighted by Gasteiger charge is -2.31. The smallest absolute Gasteiger partial charge is 0.318 e. The average Bonchev–Trinajstić information content (AvgIpc) is 3.03. The second kappa shape index (κ2) is 14.6. The highest BCUT2D eigenvalue weighted by Crippen LogP contribution is 2.39. The van der Waals surface area contributed by atoms with Crippen LogP contribution in [-0.2, 0) is 20.4 Å². The van der Waals surface area contributed by atoms with Gasteiger partial charge >= 0.3 is 11.9 Å². The van der Waals surface area contributed by atoms with Gasteiger partial charge in [0.15, 0.2) is 0 Å². The Labute approximate surface area is 249 Å². The molecule has 0 aliphatic heterocycles. The van der Waals surface area contributed by atoms with Gasteiger partial charge in [0.2, 0.25) is 0 Å². The molecule has 4 aromatic carbocycles. The number of carboxylic acid groups (broad SMARTS) is 2. The Balaban J connectivity index is 1.35. The summed E-state index contributed by atoms with van der Waals surface area (Å²) in [5.41, 5.74) is 1.03. The van der Waals surface area contributed by atoms with Crippen LogP contribution in [-0.4, -0.2) is 47.2 Å². The van der Waals surface area contributed by atoms with Crippen molar-refractivity contribution in [2.45, 2.75) is 49.4 Å². The summed E-state index contributed by atoms with van der Waals surface area (Å²) < 4.78 is 0. The lowest BCUT2D eigenvalue weighted by Crippen LogP contribution is -2.37. The van der Waals surface area contributed by atoms with Crippen LogP contribution < -0.4 is 0 Å². The van der Waals surface area contributed by atoms with Gasteiger partial charge in [0.05, 0.1) is 0 Å². The first-order valence-electron chi connectivity index (χ1n) is 14.8. The van der Waals surface area contributed by atoms with E-state index in [0.717, 1.165) is 61.0 Å². The van der Waals surface area contributed by atoms with E-state index in [2.05, 4.69) is 11.9 Å². The topological polar surface area (TPSA) is 77.8 Å². The van der Waals surface area contributed by atoms with Gasteiger partial charge in [-0.2, -0.15) is 0 Å². The lowest BCUT2D eigenvalue weighted by molar-refractivity contribution is -0.143. The predicted molar refractivity (Wildman–Crippen MR) is 168 cm³/mol. The largest absolute Gasteiger partial charge is 0.480 e. The second-order valence-electron chi connectivity index (χ2n) is 11.1. The number of hydrogen-bond donors (Lipinski definition) is 2. The van der Waals surface area contributed by atoms with E-state index in [0.29, 0.717) is 12.8 Å². The van der Waals surface area contributed by atoms with Gasteiger partial charge in [0.1, 0.15) is 10.8 Å². The molecular weight excluding hydrogens is 522 g/mol. The molecule has 0 fully saturated rings. The molecule has 0 bridgehead atoms. The average molecular weight is 564 g/mol. The molecule has 0 heterocycles. The lowest BCUT2D eigenvalue weighted by atomic mass is 9.71. The quantitative estimate of drug-likeness (QED) is 0.139. The van der Waals surface area contributed by atoms with Gasteiger partial charge in [-0.1, -0.05) is 134 Å². The number of aliphatic carboxylic acids is 2. The van der Waals surface area contributed by atoms with Crippen LogP contribution in [0, 0.1) is 0 Å². The number of carboxylic acids is 2. The van der Waals surface area contributed by atoms with E-state index < -0.39 is 22.8 Å². The summed E-state index contributed by atoms with van der Waals surface area (Å²) in [4.78, 5) is 27.9. The molecule has 218 valence electrons. The zero-order valence-electron chi connectivity index (χ0n) is 24.4. The van der Waals surface area contributed by atoms with Crippen LogP contribution in [0.3, 0.4) is 0 Å². The van der Waals surface area contributed by atoms with Crippen molar-refractivity contribution in [3.8, 4) is 0 Å². The van der Waals surface area contributed by atoms with Crippen LogP contribution in [0.25, 0.3) is 0 Å².